The van der Waals surface area contributed by atoms with Gasteiger partial charge in [0.25, 0.3) is 0 Å². The van der Waals surface area contributed by atoms with Crippen LogP contribution in [0.2, 0.25) is 0 Å². The van der Waals surface area contributed by atoms with E-state index in [1.165, 1.54) is 4.88 Å². The van der Waals surface area contributed by atoms with E-state index in [4.69, 9.17) is 14.7 Å². The maximum absolute atomic E-state index is 9.44. The van der Waals surface area contributed by atoms with Gasteiger partial charge in [-0.15, -0.1) is 11.3 Å². The van der Waals surface area contributed by atoms with E-state index in [0.717, 1.165) is 97.1 Å². The van der Waals surface area contributed by atoms with Crippen LogP contribution in [-0.2, 0) is 11.3 Å². The second kappa shape index (κ2) is 8.98. The Bertz CT molecular complexity index is 1260. The fraction of sp³-hybridized carbons (Fsp3) is 0.458. The number of anilines is 1. The Morgan fingerprint density at radius 1 is 1.12 bits per heavy atom. The summed E-state index contributed by atoms with van der Waals surface area (Å²) in [5, 5.41) is 17.7. The van der Waals surface area contributed by atoms with Gasteiger partial charge >= 0.3 is 0 Å². The minimum atomic E-state index is 0.307. The molecule has 2 saturated heterocycles. The normalized spacial score (nSPS) is 18.5. The first-order valence-electron chi connectivity index (χ1n) is 11.7. The molecule has 172 valence electrons. The first-order valence-corrected chi connectivity index (χ1v) is 12.5. The number of rotatable bonds is 5. The lowest BCUT2D eigenvalue weighted by atomic mass is 9.98. The summed E-state index contributed by atoms with van der Waals surface area (Å²) in [4.78, 5) is 16.2. The molecule has 0 bridgehead atoms. The molecule has 3 aromatic heterocycles. The number of aromatic nitrogens is 4. The number of likely N-dealkylation sites (tertiary alicyclic amines) is 1. The van der Waals surface area contributed by atoms with Crippen molar-refractivity contribution >= 4 is 38.3 Å². The number of morpholine rings is 1. The number of nitrogens with one attached hydrogen (secondary N) is 1. The average Bonchev–Trinajstić information content (AvgIpc) is 3.51. The van der Waals surface area contributed by atoms with Gasteiger partial charge in [0.1, 0.15) is 0 Å². The molecule has 0 amide bonds. The Balaban J connectivity index is 1.39. The lowest BCUT2D eigenvalue weighted by Crippen LogP contribution is -2.36. The Hall–Kier alpha value is -2.59. The molecular weight excluding hydrogens is 436 g/mol. The largest absolute Gasteiger partial charge is 0.396 e. The van der Waals surface area contributed by atoms with Crippen LogP contribution in [0, 0.1) is 5.92 Å². The van der Waals surface area contributed by atoms with Crippen LogP contribution in [0.3, 0.4) is 0 Å². The molecule has 1 aromatic carbocycles. The number of aromatic amines is 1. The zero-order valence-corrected chi connectivity index (χ0v) is 19.4. The molecule has 0 atom stereocenters. The third-order valence-electron chi connectivity index (χ3n) is 6.79. The van der Waals surface area contributed by atoms with Gasteiger partial charge in [0, 0.05) is 42.1 Å². The molecule has 8 nitrogen and oxygen atoms in total. The van der Waals surface area contributed by atoms with E-state index in [-0.39, 0.29) is 0 Å². The van der Waals surface area contributed by atoms with E-state index in [1.54, 1.807) is 0 Å². The molecule has 2 fully saturated rings. The molecule has 2 aliphatic heterocycles. The van der Waals surface area contributed by atoms with E-state index in [9.17, 15) is 5.11 Å². The van der Waals surface area contributed by atoms with Gasteiger partial charge in [0.05, 0.1) is 35.1 Å². The van der Waals surface area contributed by atoms with Crippen molar-refractivity contribution < 1.29 is 9.84 Å². The topological polar surface area (TPSA) is 90.4 Å². The van der Waals surface area contributed by atoms with Gasteiger partial charge < -0.3 is 14.7 Å². The summed E-state index contributed by atoms with van der Waals surface area (Å²) in [6.07, 6.45) is 3.99. The Morgan fingerprint density at radius 2 is 1.97 bits per heavy atom. The number of piperidine rings is 1. The van der Waals surface area contributed by atoms with E-state index >= 15 is 0 Å². The molecule has 6 rings (SSSR count). The molecule has 9 heteroatoms. The Morgan fingerprint density at radius 3 is 2.79 bits per heavy atom. The number of aliphatic hydroxyl groups is 1. The number of aliphatic hydroxyl groups excluding tert-OH is 1. The van der Waals surface area contributed by atoms with Gasteiger partial charge in [-0.2, -0.15) is 5.10 Å². The number of H-pyrrole nitrogens is 1. The molecular formula is C24H28N6O2S. The Kier molecular flexibility index (Phi) is 5.71. The standard InChI is InChI=1S/C24H28N6O2S/c31-15-16-4-6-29(7-5-16)14-17-12-21-22(33-17)24(30-8-10-32-11-9-30)27-23(26-21)18-2-1-3-20-19(18)13-25-28-20/h1-3,12-13,16,31H,4-11,14-15H2,(H,25,28). The highest BCUT2D eigenvalue weighted by Crippen LogP contribution is 2.36. The molecule has 0 radical (unpaired) electrons. The van der Waals surface area contributed by atoms with Crippen molar-refractivity contribution in [1.29, 1.82) is 0 Å². The van der Waals surface area contributed by atoms with E-state index in [0.29, 0.717) is 12.5 Å². The zero-order valence-electron chi connectivity index (χ0n) is 18.5. The van der Waals surface area contributed by atoms with Gasteiger partial charge in [0.15, 0.2) is 11.6 Å². The SMILES string of the molecule is OCC1CCN(Cc2cc3nc(-c4cccc5[nH]ncc45)nc(N4CCOCC4)c3s2)CC1. The van der Waals surface area contributed by atoms with Gasteiger partial charge in [-0.3, -0.25) is 10.00 Å². The van der Waals surface area contributed by atoms with E-state index < -0.39 is 0 Å². The summed E-state index contributed by atoms with van der Waals surface area (Å²) in [6.45, 7) is 6.42. The van der Waals surface area contributed by atoms with Crippen LogP contribution in [0.25, 0.3) is 32.5 Å². The van der Waals surface area contributed by atoms with Crippen molar-refractivity contribution in [2.75, 3.05) is 50.9 Å². The predicted molar refractivity (Wildman–Crippen MR) is 131 cm³/mol. The molecule has 2 N–H and O–H groups in total. The lowest BCUT2D eigenvalue weighted by Gasteiger charge is -2.30. The Labute approximate surface area is 196 Å². The van der Waals surface area contributed by atoms with Gasteiger partial charge in [-0.1, -0.05) is 12.1 Å². The van der Waals surface area contributed by atoms with Gasteiger partial charge in [-0.05, 0) is 44.0 Å². The summed E-state index contributed by atoms with van der Waals surface area (Å²) < 4.78 is 6.75. The fourth-order valence-electron chi connectivity index (χ4n) is 4.86. The van der Waals surface area contributed by atoms with E-state index in [2.05, 4.69) is 32.1 Å². The van der Waals surface area contributed by atoms with Crippen molar-refractivity contribution in [1.82, 2.24) is 25.1 Å². The fourth-order valence-corrected chi connectivity index (χ4v) is 6.02. The highest BCUT2D eigenvalue weighted by Gasteiger charge is 2.23. The summed E-state index contributed by atoms with van der Waals surface area (Å²) in [6, 6.07) is 8.35. The maximum atomic E-state index is 9.44. The lowest BCUT2D eigenvalue weighted by molar-refractivity contribution is 0.122. The summed E-state index contributed by atoms with van der Waals surface area (Å²) in [5.41, 5.74) is 2.99. The molecule has 2 aliphatic rings. The second-order valence-corrected chi connectivity index (χ2v) is 10.1. The van der Waals surface area contributed by atoms with Crippen LogP contribution < -0.4 is 4.90 Å². The second-order valence-electron chi connectivity index (χ2n) is 8.94. The van der Waals surface area contributed by atoms with Crippen LogP contribution in [0.1, 0.15) is 17.7 Å². The van der Waals surface area contributed by atoms with Crippen molar-refractivity contribution in [2.24, 2.45) is 5.92 Å². The van der Waals surface area contributed by atoms with Crippen LogP contribution in [0.4, 0.5) is 5.82 Å². The molecule has 0 unspecified atom stereocenters. The van der Waals surface area contributed by atoms with Crippen LogP contribution in [0.5, 0.6) is 0 Å². The molecule has 5 heterocycles. The van der Waals surface area contributed by atoms with Crippen molar-refractivity contribution in [3.8, 4) is 11.4 Å². The van der Waals surface area contributed by atoms with Crippen LogP contribution in [0.15, 0.2) is 30.5 Å². The number of nitrogens with zero attached hydrogens (tertiary/aromatic N) is 5. The molecule has 0 saturated carbocycles. The summed E-state index contributed by atoms with van der Waals surface area (Å²) >= 11 is 1.81. The first kappa shape index (κ1) is 21.0. The number of hydrogen-bond acceptors (Lipinski definition) is 8. The van der Waals surface area contributed by atoms with Gasteiger partial charge in [0.2, 0.25) is 0 Å². The number of ether oxygens (including phenoxy) is 1. The maximum Gasteiger partial charge on any atom is 0.162 e. The van der Waals surface area contributed by atoms with Crippen LogP contribution in [-0.4, -0.2) is 76.2 Å². The summed E-state index contributed by atoms with van der Waals surface area (Å²) in [7, 11) is 0. The minimum Gasteiger partial charge on any atom is -0.396 e. The molecule has 33 heavy (non-hydrogen) atoms. The minimum absolute atomic E-state index is 0.307. The number of benzene rings is 1. The average molecular weight is 465 g/mol. The number of fused-ring (bicyclic) bond motifs is 2. The highest BCUT2D eigenvalue weighted by atomic mass is 32.1. The first-order chi connectivity index (χ1) is 16.3. The summed E-state index contributed by atoms with van der Waals surface area (Å²) in [5.74, 6) is 2.20. The molecule has 0 spiro atoms. The number of thiophene rings is 1. The van der Waals surface area contributed by atoms with Crippen molar-refractivity contribution in [3.05, 3.63) is 35.3 Å². The predicted octanol–water partition coefficient (Wildman–Crippen LogP) is 3.28. The van der Waals surface area contributed by atoms with Gasteiger partial charge in [-0.25, -0.2) is 9.97 Å². The number of hydrogen-bond donors (Lipinski definition) is 2. The van der Waals surface area contributed by atoms with E-state index in [1.807, 2.05) is 29.7 Å². The van der Waals surface area contributed by atoms with Crippen LogP contribution >= 0.6 is 11.3 Å². The molecule has 4 aromatic rings. The highest BCUT2D eigenvalue weighted by molar-refractivity contribution is 7.19. The molecule has 0 aliphatic carbocycles. The third kappa shape index (κ3) is 4.10. The zero-order chi connectivity index (χ0) is 22.2. The smallest absolute Gasteiger partial charge is 0.162 e. The quantitative estimate of drug-likeness (QED) is 0.468. The monoisotopic (exact) mass is 464 g/mol. The van der Waals surface area contributed by atoms with Crippen molar-refractivity contribution in [3.63, 3.8) is 0 Å². The van der Waals surface area contributed by atoms with Crippen molar-refractivity contribution in [2.45, 2.75) is 19.4 Å². The third-order valence-corrected chi connectivity index (χ3v) is 7.89.